The molecule has 0 radical (unpaired) electrons. The number of hydrogen-bond donors (Lipinski definition) is 2. The molecular weight excluding hydrogens is 264 g/mol. The zero-order chi connectivity index (χ0) is 14.8. The predicted octanol–water partition coefficient (Wildman–Crippen LogP) is 2.29. The Morgan fingerprint density at radius 3 is 3.00 bits per heavy atom. The van der Waals surface area contributed by atoms with Gasteiger partial charge in [-0.25, -0.2) is 4.98 Å². The molecule has 0 fully saturated rings. The highest BCUT2D eigenvalue weighted by atomic mass is 16.1. The minimum Gasteiger partial charge on any atom is -0.397 e. The van der Waals surface area contributed by atoms with Gasteiger partial charge in [-0.3, -0.25) is 4.79 Å². The van der Waals surface area contributed by atoms with E-state index in [1.807, 2.05) is 29.7 Å². The maximum Gasteiger partial charge on any atom is 0.244 e. The third-order valence-corrected chi connectivity index (χ3v) is 3.91. The predicted molar refractivity (Wildman–Crippen MR) is 83.1 cm³/mol. The number of carbonyl (C=O) groups excluding carboxylic acids is 1. The first kappa shape index (κ1) is 13.7. The molecule has 5 heteroatoms. The molecule has 0 saturated heterocycles. The number of amides is 1. The smallest absolute Gasteiger partial charge is 0.244 e. The largest absolute Gasteiger partial charge is 0.397 e. The lowest BCUT2D eigenvalue weighted by atomic mass is 10.0. The van der Waals surface area contributed by atoms with Crippen molar-refractivity contribution in [3.63, 3.8) is 0 Å². The lowest BCUT2D eigenvalue weighted by molar-refractivity contribution is -0.116. The monoisotopic (exact) mass is 284 g/mol. The Bertz CT molecular complexity index is 675. The summed E-state index contributed by atoms with van der Waals surface area (Å²) in [7, 11) is 0. The zero-order valence-electron chi connectivity index (χ0n) is 12.2. The molecule has 1 aromatic carbocycles. The van der Waals surface area contributed by atoms with Crippen molar-refractivity contribution in [1.82, 2.24) is 9.55 Å². The molecule has 0 bridgehead atoms. The molecule has 110 valence electrons. The number of aromatic nitrogens is 2. The number of nitrogens with zero attached hydrogens (tertiary/aromatic N) is 2. The molecule has 1 aliphatic rings. The van der Waals surface area contributed by atoms with Crippen LogP contribution >= 0.6 is 0 Å². The van der Waals surface area contributed by atoms with Gasteiger partial charge in [-0.2, -0.15) is 0 Å². The summed E-state index contributed by atoms with van der Waals surface area (Å²) in [6, 6.07) is 5.63. The molecule has 0 spiro atoms. The topological polar surface area (TPSA) is 72.9 Å². The second-order valence-electron chi connectivity index (χ2n) is 5.61. The van der Waals surface area contributed by atoms with Gasteiger partial charge in [0.15, 0.2) is 0 Å². The Balaban J connectivity index is 1.70. The quantitative estimate of drug-likeness (QED) is 0.849. The minimum absolute atomic E-state index is 0.0728. The Kier molecular flexibility index (Phi) is 3.64. The lowest BCUT2D eigenvalue weighted by Crippen LogP contribution is -2.21. The molecule has 1 heterocycles. The van der Waals surface area contributed by atoms with Crippen LogP contribution < -0.4 is 11.1 Å². The molecule has 1 amide bonds. The van der Waals surface area contributed by atoms with Crippen LogP contribution in [0.4, 0.5) is 11.4 Å². The van der Waals surface area contributed by atoms with Crippen LogP contribution in [-0.4, -0.2) is 15.5 Å². The summed E-state index contributed by atoms with van der Waals surface area (Å²) in [5.74, 6) is -0.0728. The van der Waals surface area contributed by atoms with Crippen molar-refractivity contribution in [2.75, 3.05) is 11.1 Å². The van der Waals surface area contributed by atoms with E-state index >= 15 is 0 Å². The third kappa shape index (κ3) is 2.91. The van der Waals surface area contributed by atoms with Gasteiger partial charge in [0.2, 0.25) is 5.91 Å². The van der Waals surface area contributed by atoms with Crippen LogP contribution in [0.5, 0.6) is 0 Å². The SMILES string of the molecule is Cc1ccc(NC(=O)Cn2cnc3c2CCCC3)c(N)c1. The van der Waals surface area contributed by atoms with Crippen molar-refractivity contribution in [1.29, 1.82) is 0 Å². The second kappa shape index (κ2) is 5.60. The van der Waals surface area contributed by atoms with E-state index in [0.717, 1.165) is 24.1 Å². The first-order valence-corrected chi connectivity index (χ1v) is 7.32. The molecule has 0 unspecified atom stereocenters. The third-order valence-electron chi connectivity index (χ3n) is 3.91. The molecule has 21 heavy (non-hydrogen) atoms. The highest BCUT2D eigenvalue weighted by molar-refractivity contribution is 5.93. The average molecular weight is 284 g/mol. The number of rotatable bonds is 3. The van der Waals surface area contributed by atoms with Gasteiger partial charge >= 0.3 is 0 Å². The summed E-state index contributed by atoms with van der Waals surface area (Å²) in [5, 5.41) is 2.87. The van der Waals surface area contributed by atoms with E-state index in [1.165, 1.54) is 18.5 Å². The molecule has 3 N–H and O–H groups in total. The van der Waals surface area contributed by atoms with Gasteiger partial charge in [-0.1, -0.05) is 6.07 Å². The minimum atomic E-state index is -0.0728. The first-order valence-electron chi connectivity index (χ1n) is 7.32. The summed E-state index contributed by atoms with van der Waals surface area (Å²) < 4.78 is 1.95. The molecule has 1 aliphatic carbocycles. The molecule has 3 rings (SSSR count). The molecule has 2 aromatic rings. The fourth-order valence-corrected chi connectivity index (χ4v) is 2.81. The fourth-order valence-electron chi connectivity index (χ4n) is 2.81. The summed E-state index contributed by atoms with van der Waals surface area (Å²) >= 11 is 0. The normalized spacial score (nSPS) is 13.8. The average Bonchev–Trinajstić information content (AvgIpc) is 2.85. The van der Waals surface area contributed by atoms with Crippen molar-refractivity contribution in [3.05, 3.63) is 41.5 Å². The van der Waals surface area contributed by atoms with Crippen LogP contribution in [0.2, 0.25) is 0 Å². The number of fused-ring (bicyclic) bond motifs is 1. The van der Waals surface area contributed by atoms with Gasteiger partial charge in [0, 0.05) is 5.69 Å². The number of nitrogen functional groups attached to an aromatic ring is 1. The van der Waals surface area contributed by atoms with Crippen molar-refractivity contribution in [3.8, 4) is 0 Å². The number of nitrogens with one attached hydrogen (secondary N) is 1. The van der Waals surface area contributed by atoms with E-state index in [0.29, 0.717) is 11.4 Å². The van der Waals surface area contributed by atoms with E-state index in [9.17, 15) is 4.79 Å². The molecule has 0 aliphatic heterocycles. The van der Waals surface area contributed by atoms with Crippen molar-refractivity contribution < 1.29 is 4.79 Å². The van der Waals surface area contributed by atoms with Gasteiger partial charge < -0.3 is 15.6 Å². The first-order chi connectivity index (χ1) is 10.1. The van der Waals surface area contributed by atoms with E-state index < -0.39 is 0 Å². The van der Waals surface area contributed by atoms with Crippen LogP contribution in [0, 0.1) is 6.92 Å². The van der Waals surface area contributed by atoms with Crippen LogP contribution in [0.25, 0.3) is 0 Å². The summed E-state index contributed by atoms with van der Waals surface area (Å²) in [6.07, 6.45) is 6.17. The zero-order valence-corrected chi connectivity index (χ0v) is 12.2. The van der Waals surface area contributed by atoms with Gasteiger partial charge in [-0.15, -0.1) is 0 Å². The number of hydrogen-bond acceptors (Lipinski definition) is 3. The molecule has 5 nitrogen and oxygen atoms in total. The maximum absolute atomic E-state index is 12.2. The number of benzene rings is 1. The summed E-state index contributed by atoms with van der Waals surface area (Å²) in [4.78, 5) is 16.6. The number of aryl methyl sites for hydroxylation is 2. The summed E-state index contributed by atoms with van der Waals surface area (Å²) in [5.41, 5.74) is 10.6. The Hall–Kier alpha value is -2.30. The molecule has 0 atom stereocenters. The standard InChI is InChI=1S/C16H20N4O/c1-11-6-7-13(12(17)8-11)19-16(21)9-20-10-18-14-4-2-3-5-15(14)20/h6-8,10H,2-5,9,17H2,1H3,(H,19,21). The van der Waals surface area contributed by atoms with Gasteiger partial charge in [0.25, 0.3) is 0 Å². The molecule has 1 aromatic heterocycles. The van der Waals surface area contributed by atoms with Crippen molar-refractivity contribution in [2.24, 2.45) is 0 Å². The van der Waals surface area contributed by atoms with E-state index in [4.69, 9.17) is 5.73 Å². The molecular formula is C16H20N4O. The van der Waals surface area contributed by atoms with Crippen molar-refractivity contribution in [2.45, 2.75) is 39.2 Å². The second-order valence-corrected chi connectivity index (χ2v) is 5.61. The van der Waals surface area contributed by atoms with E-state index in [-0.39, 0.29) is 12.5 Å². The van der Waals surface area contributed by atoms with Crippen molar-refractivity contribution >= 4 is 17.3 Å². The highest BCUT2D eigenvalue weighted by Gasteiger charge is 2.16. The van der Waals surface area contributed by atoms with Crippen LogP contribution in [0.1, 0.15) is 29.8 Å². The maximum atomic E-state index is 12.2. The number of carbonyl (C=O) groups is 1. The Labute approximate surface area is 124 Å². The van der Waals surface area contributed by atoms with E-state index in [2.05, 4.69) is 10.3 Å². The fraction of sp³-hybridized carbons (Fsp3) is 0.375. The van der Waals surface area contributed by atoms with E-state index in [1.54, 1.807) is 6.33 Å². The van der Waals surface area contributed by atoms with Crippen LogP contribution in [0.3, 0.4) is 0 Å². The Morgan fingerprint density at radius 1 is 1.38 bits per heavy atom. The number of imidazole rings is 1. The Morgan fingerprint density at radius 2 is 2.19 bits per heavy atom. The summed E-state index contributed by atoms with van der Waals surface area (Å²) in [6.45, 7) is 2.26. The highest BCUT2D eigenvalue weighted by Crippen LogP contribution is 2.21. The van der Waals surface area contributed by atoms with Gasteiger partial charge in [-0.05, 0) is 50.3 Å². The number of nitrogens with two attached hydrogens (primary N) is 1. The van der Waals surface area contributed by atoms with Crippen LogP contribution in [-0.2, 0) is 24.2 Å². The molecule has 0 saturated carbocycles. The number of anilines is 2. The van der Waals surface area contributed by atoms with Gasteiger partial charge in [0.1, 0.15) is 6.54 Å². The van der Waals surface area contributed by atoms with Crippen LogP contribution in [0.15, 0.2) is 24.5 Å². The van der Waals surface area contributed by atoms with Gasteiger partial charge in [0.05, 0.1) is 23.4 Å². The lowest BCUT2D eigenvalue weighted by Gasteiger charge is -2.14.